The van der Waals surface area contributed by atoms with Gasteiger partial charge in [0.25, 0.3) is 0 Å². The number of carbonyl (C=O) groups excluding carboxylic acids is 2. The van der Waals surface area contributed by atoms with Gasteiger partial charge in [-0.05, 0) is 25.0 Å². The number of hydrogen-bond donors (Lipinski definition) is 2. The molecular weight excluding hydrogens is 350 g/mol. The zero-order chi connectivity index (χ0) is 17.8. The van der Waals surface area contributed by atoms with Crippen molar-refractivity contribution in [1.82, 2.24) is 20.2 Å². The Morgan fingerprint density at radius 1 is 1.28 bits per heavy atom. The van der Waals surface area contributed by atoms with Crippen molar-refractivity contribution in [3.05, 3.63) is 24.3 Å². The number of rotatable bonds is 5. The first-order valence-electron chi connectivity index (χ1n) is 8.03. The highest BCUT2D eigenvalue weighted by Gasteiger charge is 2.20. The number of nitrogens with zero attached hydrogens (tertiary/aromatic N) is 2. The summed E-state index contributed by atoms with van der Waals surface area (Å²) in [6.07, 6.45) is 3.96. The van der Waals surface area contributed by atoms with Crippen molar-refractivity contribution >= 4 is 34.7 Å². The molecule has 1 aromatic heterocycles. The maximum Gasteiger partial charge on any atom is 0.321 e. The Balaban J connectivity index is 1.59. The molecule has 1 aliphatic carbocycles. The first kappa shape index (κ1) is 17.7. The standard InChI is InChI=1S/C16H18F2N4O2S/c17-14(18)22-12-8-4-3-7-11(12)20-16(22)25-9-13(23)21-15(24)19-10-5-1-2-6-10/h3-4,7-8,10,14H,1-2,5-6,9H2,(H2,19,21,23,24). The van der Waals surface area contributed by atoms with Crippen LogP contribution in [0.3, 0.4) is 0 Å². The average Bonchev–Trinajstić information content (AvgIpc) is 3.19. The predicted octanol–water partition coefficient (Wildman–Crippen LogP) is 3.29. The number of benzene rings is 1. The van der Waals surface area contributed by atoms with E-state index in [1.807, 2.05) is 0 Å². The van der Waals surface area contributed by atoms with E-state index >= 15 is 0 Å². The zero-order valence-corrected chi connectivity index (χ0v) is 14.2. The van der Waals surface area contributed by atoms with Crippen molar-refractivity contribution in [2.45, 2.75) is 43.4 Å². The maximum atomic E-state index is 13.3. The summed E-state index contributed by atoms with van der Waals surface area (Å²) in [7, 11) is 0. The van der Waals surface area contributed by atoms with Gasteiger partial charge >= 0.3 is 12.6 Å². The van der Waals surface area contributed by atoms with E-state index in [1.54, 1.807) is 24.3 Å². The fraction of sp³-hybridized carbons (Fsp3) is 0.438. The Morgan fingerprint density at radius 2 is 2.00 bits per heavy atom. The van der Waals surface area contributed by atoms with Crippen molar-refractivity contribution in [3.8, 4) is 0 Å². The fourth-order valence-electron chi connectivity index (χ4n) is 2.90. The SMILES string of the molecule is O=C(CSc1nc2ccccc2n1C(F)F)NC(=O)NC1CCCC1. The fourth-order valence-corrected chi connectivity index (χ4v) is 3.71. The second-order valence-corrected chi connectivity index (χ2v) is 6.76. The molecule has 1 saturated carbocycles. The molecule has 2 aromatic rings. The number of para-hydroxylation sites is 2. The number of halogens is 2. The van der Waals surface area contributed by atoms with Crippen molar-refractivity contribution in [1.29, 1.82) is 0 Å². The van der Waals surface area contributed by atoms with Crippen LogP contribution in [0.5, 0.6) is 0 Å². The third-order valence-corrected chi connectivity index (χ3v) is 4.99. The summed E-state index contributed by atoms with van der Waals surface area (Å²) >= 11 is 0.874. The summed E-state index contributed by atoms with van der Waals surface area (Å²) in [5, 5.41) is 5.01. The molecule has 1 aromatic carbocycles. The Kier molecular flexibility index (Phi) is 5.52. The molecule has 0 radical (unpaired) electrons. The van der Waals surface area contributed by atoms with Crippen LogP contribution in [-0.4, -0.2) is 33.3 Å². The predicted molar refractivity (Wildman–Crippen MR) is 90.6 cm³/mol. The first-order valence-corrected chi connectivity index (χ1v) is 9.01. The highest BCUT2D eigenvalue weighted by molar-refractivity contribution is 7.99. The number of imide groups is 1. The van der Waals surface area contributed by atoms with Crippen molar-refractivity contribution < 1.29 is 18.4 Å². The molecule has 0 atom stereocenters. The Bertz CT molecular complexity index is 775. The lowest BCUT2D eigenvalue weighted by molar-refractivity contribution is -0.117. The molecule has 1 aliphatic rings. The molecule has 1 fully saturated rings. The molecule has 3 amide bonds. The molecule has 0 aliphatic heterocycles. The van der Waals surface area contributed by atoms with Gasteiger partial charge in [0.15, 0.2) is 5.16 Å². The molecule has 0 saturated heterocycles. The summed E-state index contributed by atoms with van der Waals surface area (Å²) in [6.45, 7) is -2.76. The van der Waals surface area contributed by atoms with Gasteiger partial charge in [0.05, 0.1) is 16.8 Å². The highest BCUT2D eigenvalue weighted by Crippen LogP contribution is 2.28. The van der Waals surface area contributed by atoms with Gasteiger partial charge < -0.3 is 5.32 Å². The minimum Gasteiger partial charge on any atom is -0.335 e. The monoisotopic (exact) mass is 368 g/mol. The van der Waals surface area contributed by atoms with E-state index < -0.39 is 18.5 Å². The lowest BCUT2D eigenvalue weighted by Gasteiger charge is -2.12. The topological polar surface area (TPSA) is 76.0 Å². The van der Waals surface area contributed by atoms with Crippen molar-refractivity contribution in [3.63, 3.8) is 0 Å². The molecular formula is C16H18F2N4O2S. The molecule has 1 heterocycles. The number of carbonyl (C=O) groups is 2. The van der Waals surface area contributed by atoms with Gasteiger partial charge in [-0.2, -0.15) is 8.78 Å². The number of hydrogen-bond acceptors (Lipinski definition) is 4. The summed E-state index contributed by atoms with van der Waals surface area (Å²) in [5.74, 6) is -0.720. The van der Waals surface area contributed by atoms with E-state index in [2.05, 4.69) is 15.6 Å². The molecule has 3 rings (SSSR count). The van der Waals surface area contributed by atoms with Crippen LogP contribution in [-0.2, 0) is 4.79 Å². The number of alkyl halides is 2. The van der Waals surface area contributed by atoms with Crippen LogP contribution < -0.4 is 10.6 Å². The van der Waals surface area contributed by atoms with E-state index in [0.717, 1.165) is 42.0 Å². The van der Waals surface area contributed by atoms with E-state index in [9.17, 15) is 18.4 Å². The minimum absolute atomic E-state index is 0.0440. The second kappa shape index (κ2) is 7.81. The van der Waals surface area contributed by atoms with Crippen LogP contribution in [0, 0.1) is 0 Å². The number of thioether (sulfide) groups is 1. The summed E-state index contributed by atoms with van der Waals surface area (Å²) in [5.41, 5.74) is 0.740. The van der Waals surface area contributed by atoms with Gasteiger partial charge in [-0.15, -0.1) is 0 Å². The number of amides is 3. The molecule has 0 bridgehead atoms. The van der Waals surface area contributed by atoms with Crippen LogP contribution in [0.2, 0.25) is 0 Å². The lowest BCUT2D eigenvalue weighted by atomic mass is 10.2. The Morgan fingerprint density at radius 3 is 2.72 bits per heavy atom. The normalized spacial score (nSPS) is 15.0. The summed E-state index contributed by atoms with van der Waals surface area (Å²) < 4.78 is 27.4. The largest absolute Gasteiger partial charge is 0.335 e. The van der Waals surface area contributed by atoms with Gasteiger partial charge in [0.2, 0.25) is 5.91 Å². The molecule has 134 valence electrons. The summed E-state index contributed by atoms with van der Waals surface area (Å²) in [6, 6.07) is 6.10. The van der Waals surface area contributed by atoms with Gasteiger partial charge in [-0.25, -0.2) is 9.78 Å². The maximum absolute atomic E-state index is 13.3. The van der Waals surface area contributed by atoms with Gasteiger partial charge in [-0.3, -0.25) is 14.7 Å². The minimum atomic E-state index is -2.76. The summed E-state index contributed by atoms with van der Waals surface area (Å²) in [4.78, 5) is 27.8. The lowest BCUT2D eigenvalue weighted by Crippen LogP contribution is -2.44. The number of nitrogens with one attached hydrogen (secondary N) is 2. The van der Waals surface area contributed by atoms with Crippen LogP contribution in [0.4, 0.5) is 13.6 Å². The number of fused-ring (bicyclic) bond motifs is 1. The third-order valence-electron chi connectivity index (χ3n) is 4.03. The van der Waals surface area contributed by atoms with Crippen molar-refractivity contribution in [2.24, 2.45) is 0 Å². The average molecular weight is 368 g/mol. The quantitative estimate of drug-likeness (QED) is 0.794. The third kappa shape index (κ3) is 4.28. The van der Waals surface area contributed by atoms with Crippen LogP contribution in [0.25, 0.3) is 11.0 Å². The van der Waals surface area contributed by atoms with E-state index in [1.165, 1.54) is 0 Å². The van der Waals surface area contributed by atoms with Crippen LogP contribution >= 0.6 is 11.8 Å². The molecule has 9 heteroatoms. The van der Waals surface area contributed by atoms with E-state index in [4.69, 9.17) is 0 Å². The second-order valence-electron chi connectivity index (χ2n) is 5.82. The van der Waals surface area contributed by atoms with E-state index in [0.29, 0.717) is 11.0 Å². The molecule has 2 N–H and O–H groups in total. The highest BCUT2D eigenvalue weighted by atomic mass is 32.2. The first-order chi connectivity index (χ1) is 12.0. The Hall–Kier alpha value is -2.16. The number of aromatic nitrogens is 2. The van der Waals surface area contributed by atoms with Gasteiger partial charge in [0.1, 0.15) is 0 Å². The molecule has 6 nitrogen and oxygen atoms in total. The van der Waals surface area contributed by atoms with E-state index in [-0.39, 0.29) is 17.0 Å². The van der Waals surface area contributed by atoms with Crippen LogP contribution in [0.15, 0.2) is 29.4 Å². The number of imidazole rings is 1. The van der Waals surface area contributed by atoms with Crippen LogP contribution in [0.1, 0.15) is 32.2 Å². The number of urea groups is 1. The Labute approximate surface area is 147 Å². The van der Waals surface area contributed by atoms with Gasteiger partial charge in [-0.1, -0.05) is 36.7 Å². The van der Waals surface area contributed by atoms with Crippen molar-refractivity contribution in [2.75, 3.05) is 5.75 Å². The van der Waals surface area contributed by atoms with Gasteiger partial charge in [0, 0.05) is 6.04 Å². The zero-order valence-electron chi connectivity index (χ0n) is 13.4. The molecule has 0 unspecified atom stereocenters. The smallest absolute Gasteiger partial charge is 0.321 e. The molecule has 0 spiro atoms. The molecule has 25 heavy (non-hydrogen) atoms.